The van der Waals surface area contributed by atoms with Crippen LogP contribution in [0.1, 0.15) is 75.2 Å². The lowest BCUT2D eigenvalue weighted by atomic mass is 9.69. The fourth-order valence-electron chi connectivity index (χ4n) is 6.40. The molecule has 3 saturated heterocycles. The monoisotopic (exact) mass is 468 g/mol. The molecule has 4 fully saturated rings. The minimum atomic E-state index is -0.155. The third-order valence-electron chi connectivity index (χ3n) is 8.71. The summed E-state index contributed by atoms with van der Waals surface area (Å²) in [5, 5.41) is 0. The quantitative estimate of drug-likeness (QED) is 0.676. The number of morpholine rings is 1. The van der Waals surface area contributed by atoms with E-state index in [-0.39, 0.29) is 16.7 Å². The van der Waals surface area contributed by atoms with Crippen molar-refractivity contribution in [3.05, 3.63) is 24.0 Å². The summed E-state index contributed by atoms with van der Waals surface area (Å²) in [4.78, 5) is 37.9. The topological polar surface area (TPSA) is 66.0 Å². The van der Waals surface area contributed by atoms with Gasteiger partial charge in [0.05, 0.1) is 25.1 Å². The lowest BCUT2D eigenvalue weighted by molar-refractivity contribution is -0.147. The van der Waals surface area contributed by atoms with Gasteiger partial charge in [-0.3, -0.25) is 9.59 Å². The number of hydrogen-bond acceptors (Lipinski definition) is 5. The van der Waals surface area contributed by atoms with Gasteiger partial charge in [0.15, 0.2) is 0 Å². The molecular formula is C27H40N4O3. The van der Waals surface area contributed by atoms with E-state index >= 15 is 0 Å². The maximum atomic E-state index is 13.5. The molecule has 4 aliphatic rings. The Hall–Kier alpha value is -2.15. The van der Waals surface area contributed by atoms with Crippen molar-refractivity contribution in [3.8, 4) is 0 Å². The Morgan fingerprint density at radius 2 is 1.53 bits per heavy atom. The van der Waals surface area contributed by atoms with Crippen LogP contribution in [0.15, 0.2) is 18.3 Å². The predicted octanol–water partition coefficient (Wildman–Crippen LogP) is 3.73. The highest BCUT2D eigenvalue weighted by Crippen LogP contribution is 2.44. The van der Waals surface area contributed by atoms with Gasteiger partial charge in [0, 0.05) is 50.1 Å². The van der Waals surface area contributed by atoms with Gasteiger partial charge in [-0.15, -0.1) is 0 Å². The summed E-state index contributed by atoms with van der Waals surface area (Å²) < 4.78 is 5.44. The van der Waals surface area contributed by atoms with Crippen molar-refractivity contribution in [3.63, 3.8) is 0 Å². The summed E-state index contributed by atoms with van der Waals surface area (Å²) in [5.74, 6) is 0.380. The molecule has 0 aromatic carbocycles. The van der Waals surface area contributed by atoms with Crippen LogP contribution in [-0.4, -0.2) is 79.1 Å². The highest BCUT2D eigenvalue weighted by molar-refractivity contribution is 5.92. The molecule has 1 aromatic heterocycles. The van der Waals surface area contributed by atoms with E-state index in [1.807, 2.05) is 23.2 Å². The largest absolute Gasteiger partial charge is 0.378 e. The number of aromatic nitrogens is 1. The summed E-state index contributed by atoms with van der Waals surface area (Å²) >= 11 is 0. The van der Waals surface area contributed by atoms with Gasteiger partial charge in [-0.25, -0.2) is 4.98 Å². The second-order valence-electron chi connectivity index (χ2n) is 11.3. The number of carbonyl (C=O) groups excluding carboxylic acids is 2. The molecule has 186 valence electrons. The van der Waals surface area contributed by atoms with Crippen LogP contribution in [0.25, 0.3) is 0 Å². The van der Waals surface area contributed by atoms with E-state index in [2.05, 4.69) is 21.7 Å². The van der Waals surface area contributed by atoms with Gasteiger partial charge < -0.3 is 19.4 Å². The van der Waals surface area contributed by atoms with Gasteiger partial charge in [-0.2, -0.15) is 0 Å². The van der Waals surface area contributed by atoms with E-state index in [1.54, 1.807) is 0 Å². The van der Waals surface area contributed by atoms with Gasteiger partial charge in [0.25, 0.3) is 5.91 Å². The van der Waals surface area contributed by atoms with E-state index < -0.39 is 0 Å². The van der Waals surface area contributed by atoms with E-state index in [0.717, 1.165) is 110 Å². The number of carbonyl (C=O) groups is 2. The zero-order valence-corrected chi connectivity index (χ0v) is 20.8. The SMILES string of the molecule is CC1(C(=O)N2CCCCC3(CCCCN(C(=O)c4ccc(N5CCOCC5)cn4)C3)C2)CCC1. The van der Waals surface area contributed by atoms with Gasteiger partial charge in [-0.1, -0.05) is 26.2 Å². The molecule has 1 aromatic rings. The normalized spacial score (nSPS) is 27.6. The molecule has 4 heterocycles. The van der Waals surface area contributed by atoms with E-state index in [9.17, 15) is 9.59 Å². The van der Waals surface area contributed by atoms with Crippen LogP contribution in [0.2, 0.25) is 0 Å². The molecule has 2 amide bonds. The van der Waals surface area contributed by atoms with Crippen molar-refractivity contribution in [2.75, 3.05) is 57.4 Å². The van der Waals surface area contributed by atoms with E-state index in [0.29, 0.717) is 11.6 Å². The second-order valence-corrected chi connectivity index (χ2v) is 11.3. The summed E-state index contributed by atoms with van der Waals surface area (Å²) in [7, 11) is 0. The Bertz CT molecular complexity index is 874. The smallest absolute Gasteiger partial charge is 0.272 e. The molecule has 0 N–H and O–H groups in total. The molecule has 3 aliphatic heterocycles. The standard InChI is InChI=1S/C27H40N4O3/c1-26(9-6-10-26)25(33)31-14-5-3-12-27(21-31)11-2-4-13-30(20-27)24(32)23-8-7-22(19-28-23)29-15-17-34-18-16-29/h7-8,19H,2-6,9-18,20-21H2,1H3. The van der Waals surface area contributed by atoms with Crippen molar-refractivity contribution in [2.45, 2.75) is 64.7 Å². The van der Waals surface area contributed by atoms with E-state index in [4.69, 9.17) is 4.74 Å². The Labute approximate surface area is 203 Å². The lowest BCUT2D eigenvalue weighted by Crippen LogP contribution is -2.51. The van der Waals surface area contributed by atoms with E-state index in [1.165, 1.54) is 6.42 Å². The summed E-state index contributed by atoms with van der Waals surface area (Å²) in [6.45, 7) is 8.51. The number of amides is 2. The number of hydrogen-bond donors (Lipinski definition) is 0. The fourth-order valence-corrected chi connectivity index (χ4v) is 6.40. The van der Waals surface area contributed by atoms with Gasteiger partial charge >= 0.3 is 0 Å². The van der Waals surface area contributed by atoms with Crippen LogP contribution in [0.3, 0.4) is 0 Å². The number of ether oxygens (including phenoxy) is 1. The zero-order chi connectivity index (χ0) is 23.6. The highest BCUT2D eigenvalue weighted by Gasteiger charge is 2.45. The average molecular weight is 469 g/mol. The van der Waals surface area contributed by atoms with Gasteiger partial charge in [0.2, 0.25) is 5.91 Å². The van der Waals surface area contributed by atoms with Crippen LogP contribution >= 0.6 is 0 Å². The first kappa shape index (κ1) is 23.6. The lowest BCUT2D eigenvalue weighted by Gasteiger charge is -2.44. The number of nitrogens with zero attached hydrogens (tertiary/aromatic N) is 4. The van der Waals surface area contributed by atoms with Crippen molar-refractivity contribution < 1.29 is 14.3 Å². The summed E-state index contributed by atoms with van der Waals surface area (Å²) in [6.07, 6.45) is 11.6. The first-order valence-electron chi connectivity index (χ1n) is 13.4. The molecule has 5 rings (SSSR count). The molecule has 0 bridgehead atoms. The number of rotatable bonds is 3. The van der Waals surface area contributed by atoms with Crippen LogP contribution in [-0.2, 0) is 9.53 Å². The third-order valence-corrected chi connectivity index (χ3v) is 8.71. The summed E-state index contributed by atoms with van der Waals surface area (Å²) in [6, 6.07) is 3.90. The Kier molecular flexibility index (Phi) is 6.83. The molecule has 1 unspecified atom stereocenters. The average Bonchev–Trinajstić information content (AvgIpc) is 3.20. The van der Waals surface area contributed by atoms with Crippen molar-refractivity contribution in [2.24, 2.45) is 10.8 Å². The molecule has 1 spiro atoms. The maximum Gasteiger partial charge on any atom is 0.272 e. The Morgan fingerprint density at radius 3 is 2.15 bits per heavy atom. The molecule has 7 heteroatoms. The van der Waals surface area contributed by atoms with Crippen molar-refractivity contribution in [1.82, 2.24) is 14.8 Å². The van der Waals surface area contributed by atoms with Gasteiger partial charge in [0.1, 0.15) is 5.69 Å². The minimum absolute atomic E-state index is 0.00612. The van der Waals surface area contributed by atoms with Crippen molar-refractivity contribution in [1.29, 1.82) is 0 Å². The van der Waals surface area contributed by atoms with Crippen LogP contribution < -0.4 is 4.90 Å². The third kappa shape index (κ3) is 4.81. The Balaban J connectivity index is 1.30. The number of anilines is 1. The molecule has 7 nitrogen and oxygen atoms in total. The minimum Gasteiger partial charge on any atom is -0.378 e. The maximum absolute atomic E-state index is 13.5. The Morgan fingerprint density at radius 1 is 0.853 bits per heavy atom. The molecule has 34 heavy (non-hydrogen) atoms. The molecule has 1 saturated carbocycles. The molecule has 1 atom stereocenters. The van der Waals surface area contributed by atoms with Crippen LogP contribution in [0.5, 0.6) is 0 Å². The summed E-state index contributed by atoms with van der Waals surface area (Å²) in [5.41, 5.74) is 1.43. The fraction of sp³-hybridized carbons (Fsp3) is 0.741. The highest BCUT2D eigenvalue weighted by atomic mass is 16.5. The first-order valence-corrected chi connectivity index (χ1v) is 13.4. The van der Waals surface area contributed by atoms with Crippen LogP contribution in [0.4, 0.5) is 5.69 Å². The molecule has 0 radical (unpaired) electrons. The predicted molar refractivity (Wildman–Crippen MR) is 132 cm³/mol. The zero-order valence-electron chi connectivity index (χ0n) is 20.8. The molecule has 1 aliphatic carbocycles. The van der Waals surface area contributed by atoms with Crippen LogP contribution in [0, 0.1) is 10.8 Å². The number of likely N-dealkylation sites (tertiary alicyclic amines) is 2. The second kappa shape index (κ2) is 9.84. The molecular weight excluding hydrogens is 428 g/mol. The first-order chi connectivity index (χ1) is 16.5. The van der Waals surface area contributed by atoms with Gasteiger partial charge in [-0.05, 0) is 50.7 Å². The van der Waals surface area contributed by atoms with Crippen molar-refractivity contribution >= 4 is 17.5 Å². The number of pyridine rings is 1.